The fraction of sp³-hybridized carbons (Fsp3) is 0. The third-order valence-electron chi connectivity index (χ3n) is 2.90. The number of nitrogens with one attached hydrogen (secondary N) is 1. The van der Waals surface area contributed by atoms with Crippen LogP contribution in [0.15, 0.2) is 39.3 Å². The van der Waals surface area contributed by atoms with E-state index in [-0.39, 0.29) is 0 Å². The predicted octanol–water partition coefficient (Wildman–Crippen LogP) is 6.52. The zero-order valence-corrected chi connectivity index (χ0v) is 15.3. The van der Waals surface area contributed by atoms with Crippen LogP contribution < -0.4 is 0 Å². The van der Waals surface area contributed by atoms with E-state index in [1.54, 1.807) is 0 Å². The number of aromatic nitrogens is 2. The molecule has 0 saturated heterocycles. The van der Waals surface area contributed by atoms with Gasteiger partial charge in [0.2, 0.25) is 0 Å². The van der Waals surface area contributed by atoms with Gasteiger partial charge in [0.25, 0.3) is 0 Å². The Kier molecular flexibility index (Phi) is 3.99. The number of hydrogen-bond acceptors (Lipinski definition) is 1. The number of H-pyrrole nitrogens is 1. The van der Waals surface area contributed by atoms with Crippen LogP contribution >= 0.6 is 67.3 Å². The van der Waals surface area contributed by atoms with Crippen molar-refractivity contribution in [2.75, 3.05) is 0 Å². The highest BCUT2D eigenvalue weighted by atomic mass is 79.9. The number of imidazole rings is 1. The topological polar surface area (TPSA) is 20.7 Å². The number of rotatable bonds is 1. The molecule has 0 atom stereocenters. The molecule has 0 aliphatic carbocycles. The minimum Gasteiger partial charge on any atom is -0.330 e. The minimum absolute atomic E-state index is 0.459. The largest absolute Gasteiger partial charge is 0.330 e. The smallest absolute Gasteiger partial charge is 0.182 e. The maximum Gasteiger partial charge on any atom is 0.182 e. The summed E-state index contributed by atoms with van der Waals surface area (Å²) in [5, 5.41) is 0.929. The Hall–Kier alpha value is -0.330. The first-order valence-electron chi connectivity index (χ1n) is 5.53. The van der Waals surface area contributed by atoms with Crippen molar-refractivity contribution in [2.24, 2.45) is 0 Å². The average molecular weight is 453 g/mol. The van der Waals surface area contributed by atoms with Gasteiger partial charge in [0.15, 0.2) is 4.77 Å². The van der Waals surface area contributed by atoms with Crippen molar-refractivity contribution in [1.29, 1.82) is 0 Å². The number of aromatic amines is 1. The van der Waals surface area contributed by atoms with Crippen molar-refractivity contribution in [2.45, 2.75) is 0 Å². The zero-order valence-electron chi connectivity index (χ0n) is 9.75. The van der Waals surface area contributed by atoms with Gasteiger partial charge >= 0.3 is 0 Å². The van der Waals surface area contributed by atoms with Crippen molar-refractivity contribution < 1.29 is 0 Å². The number of fused-ring (bicyclic) bond motifs is 1. The van der Waals surface area contributed by atoms with Crippen LogP contribution in [0.25, 0.3) is 16.7 Å². The monoisotopic (exact) mass is 450 g/mol. The lowest BCUT2D eigenvalue weighted by atomic mass is 10.3. The normalized spacial score (nSPS) is 11.2. The summed E-state index contributed by atoms with van der Waals surface area (Å²) in [6.45, 7) is 0. The molecule has 3 rings (SSSR count). The van der Waals surface area contributed by atoms with Crippen LogP contribution in [0.1, 0.15) is 0 Å². The molecule has 0 unspecified atom stereocenters. The standard InChI is InChI=1S/C13H6Br2Cl2N2S/c14-6-1-3-9-8(5-6)18-13(20)19(9)10-4-2-7(15)11(16)12(10)17/h1-5H,(H,18,20). The maximum absolute atomic E-state index is 6.34. The highest BCUT2D eigenvalue weighted by Gasteiger charge is 2.13. The SMILES string of the molecule is S=c1[nH]c2cc(Br)ccc2n1-c1ccc(Br)c(Cl)c1Cl. The van der Waals surface area contributed by atoms with Gasteiger partial charge in [-0.2, -0.15) is 0 Å². The molecule has 3 aromatic rings. The number of halogens is 4. The van der Waals surface area contributed by atoms with Crippen molar-refractivity contribution in [1.82, 2.24) is 9.55 Å². The summed E-state index contributed by atoms with van der Waals surface area (Å²) in [4.78, 5) is 3.16. The van der Waals surface area contributed by atoms with Crippen LogP contribution in [0.2, 0.25) is 10.0 Å². The lowest BCUT2D eigenvalue weighted by Crippen LogP contribution is -1.95. The first-order valence-corrected chi connectivity index (χ1v) is 8.28. The summed E-state index contributed by atoms with van der Waals surface area (Å²) in [5.41, 5.74) is 2.62. The molecule has 7 heteroatoms. The van der Waals surface area contributed by atoms with E-state index in [4.69, 9.17) is 35.4 Å². The molecule has 0 aliphatic heterocycles. The second kappa shape index (κ2) is 5.46. The molecule has 2 aromatic carbocycles. The van der Waals surface area contributed by atoms with E-state index in [0.717, 1.165) is 25.7 Å². The quantitative estimate of drug-likeness (QED) is 0.329. The highest BCUT2D eigenvalue weighted by molar-refractivity contribution is 9.10. The van der Waals surface area contributed by atoms with Crippen molar-refractivity contribution in [3.8, 4) is 5.69 Å². The molecule has 2 nitrogen and oxygen atoms in total. The van der Waals surface area contributed by atoms with Crippen molar-refractivity contribution in [3.63, 3.8) is 0 Å². The molecule has 0 spiro atoms. The van der Waals surface area contributed by atoms with Gasteiger partial charge in [0.05, 0.1) is 26.8 Å². The molecule has 1 N–H and O–H groups in total. The fourth-order valence-electron chi connectivity index (χ4n) is 2.01. The minimum atomic E-state index is 0.459. The highest BCUT2D eigenvalue weighted by Crippen LogP contribution is 2.36. The van der Waals surface area contributed by atoms with Gasteiger partial charge in [-0.15, -0.1) is 0 Å². The fourth-order valence-corrected chi connectivity index (χ4v) is 3.53. The molecule has 0 fully saturated rings. The molecule has 1 heterocycles. The lowest BCUT2D eigenvalue weighted by molar-refractivity contribution is 1.06. The summed E-state index contributed by atoms with van der Waals surface area (Å²) >= 11 is 24.7. The number of benzene rings is 2. The van der Waals surface area contributed by atoms with E-state index in [1.807, 2.05) is 34.9 Å². The van der Waals surface area contributed by atoms with Gasteiger partial charge in [0, 0.05) is 8.95 Å². The van der Waals surface area contributed by atoms with Gasteiger partial charge in [-0.3, -0.25) is 4.57 Å². The molecule has 102 valence electrons. The molecule has 0 aliphatic rings. The molecule has 20 heavy (non-hydrogen) atoms. The van der Waals surface area contributed by atoms with Crippen LogP contribution in [-0.2, 0) is 0 Å². The van der Waals surface area contributed by atoms with Crippen molar-refractivity contribution in [3.05, 3.63) is 54.1 Å². The third kappa shape index (κ3) is 2.35. The molecule has 1 aromatic heterocycles. The Bertz CT molecular complexity index is 886. The first kappa shape index (κ1) is 14.6. The maximum atomic E-state index is 6.34. The Balaban J connectivity index is 2.38. The van der Waals surface area contributed by atoms with Gasteiger partial charge in [-0.1, -0.05) is 39.1 Å². The summed E-state index contributed by atoms with van der Waals surface area (Å²) < 4.78 is 4.17. The average Bonchev–Trinajstić information content (AvgIpc) is 2.72. The van der Waals surface area contributed by atoms with E-state index < -0.39 is 0 Å². The lowest BCUT2D eigenvalue weighted by Gasteiger charge is -2.09. The van der Waals surface area contributed by atoms with Gasteiger partial charge in [0.1, 0.15) is 0 Å². The second-order valence-electron chi connectivity index (χ2n) is 4.12. The number of nitrogens with zero attached hydrogens (tertiary/aromatic N) is 1. The predicted molar refractivity (Wildman–Crippen MR) is 93.9 cm³/mol. The van der Waals surface area contributed by atoms with Crippen LogP contribution in [0.3, 0.4) is 0 Å². The Morgan fingerprint density at radius 2 is 1.80 bits per heavy atom. The Morgan fingerprint density at radius 1 is 1.05 bits per heavy atom. The Morgan fingerprint density at radius 3 is 2.55 bits per heavy atom. The molecular weight excluding hydrogens is 447 g/mol. The first-order chi connectivity index (χ1) is 9.49. The van der Waals surface area contributed by atoms with E-state index in [9.17, 15) is 0 Å². The van der Waals surface area contributed by atoms with Gasteiger partial charge < -0.3 is 4.98 Å². The van der Waals surface area contributed by atoms with Crippen LogP contribution in [0.4, 0.5) is 0 Å². The summed E-state index contributed by atoms with van der Waals surface area (Å²) in [6.07, 6.45) is 0. The molecule has 0 amide bonds. The summed E-state index contributed by atoms with van der Waals surface area (Å²) in [7, 11) is 0. The zero-order chi connectivity index (χ0) is 14.4. The van der Waals surface area contributed by atoms with Crippen molar-refractivity contribution >= 4 is 78.3 Å². The second-order valence-corrected chi connectivity index (χ2v) is 7.03. The Labute approximate surface area is 147 Å². The van der Waals surface area contributed by atoms with Gasteiger partial charge in [-0.25, -0.2) is 0 Å². The molecule has 0 radical (unpaired) electrons. The van der Waals surface area contributed by atoms with E-state index in [1.165, 1.54) is 0 Å². The van der Waals surface area contributed by atoms with E-state index in [2.05, 4.69) is 36.8 Å². The third-order valence-corrected chi connectivity index (χ3v) is 5.44. The molecular formula is C13H6Br2Cl2N2S. The van der Waals surface area contributed by atoms with Crippen LogP contribution in [-0.4, -0.2) is 9.55 Å². The van der Waals surface area contributed by atoms with E-state index >= 15 is 0 Å². The van der Waals surface area contributed by atoms with E-state index in [0.29, 0.717) is 14.8 Å². The van der Waals surface area contributed by atoms with Crippen LogP contribution in [0, 0.1) is 4.77 Å². The summed E-state index contributed by atoms with van der Waals surface area (Å²) in [6, 6.07) is 9.62. The van der Waals surface area contributed by atoms with Gasteiger partial charge in [-0.05, 0) is 58.5 Å². The van der Waals surface area contributed by atoms with Crippen LogP contribution in [0.5, 0.6) is 0 Å². The molecule has 0 saturated carbocycles. The molecule has 0 bridgehead atoms. The summed E-state index contributed by atoms with van der Waals surface area (Å²) in [5.74, 6) is 0. The number of hydrogen-bond donors (Lipinski definition) is 1.